The minimum absolute atomic E-state index is 0.169. The van der Waals surface area contributed by atoms with E-state index in [-0.39, 0.29) is 5.75 Å². The highest BCUT2D eigenvalue weighted by Crippen LogP contribution is 2.23. The van der Waals surface area contributed by atoms with Crippen LogP contribution in [0.25, 0.3) is 0 Å². The molecule has 3 N–H and O–H groups in total. The molecule has 0 aliphatic heterocycles. The highest BCUT2D eigenvalue weighted by Gasteiger charge is 2.27. The molecular weight excluding hydrogens is 278 g/mol. The van der Waals surface area contributed by atoms with Crippen molar-refractivity contribution in [3.8, 4) is 5.75 Å². The molecule has 0 spiro atoms. The highest BCUT2D eigenvalue weighted by molar-refractivity contribution is 6.10. The number of hydrogen-bond acceptors (Lipinski definition) is 3. The van der Waals surface area contributed by atoms with Crippen LogP contribution in [0, 0.1) is 10.8 Å². The summed E-state index contributed by atoms with van der Waals surface area (Å²) in [5.41, 5.74) is 1.95. The second kappa shape index (κ2) is 6.02. The number of rotatable bonds is 5. The van der Waals surface area contributed by atoms with Crippen molar-refractivity contribution in [2.75, 3.05) is 0 Å². The average Bonchev–Trinajstić information content (AvgIpc) is 2.47. The molecule has 2 rings (SSSR count). The maximum Gasteiger partial charge on any atom is 0.309 e. The fourth-order valence-corrected chi connectivity index (χ4v) is 2.17. The zero-order valence-corrected chi connectivity index (χ0v) is 12.6. The lowest BCUT2D eigenvalue weighted by molar-refractivity contribution is -0.146. The third-order valence-corrected chi connectivity index (χ3v) is 3.62. The summed E-state index contributed by atoms with van der Waals surface area (Å²) in [7, 11) is 0. The van der Waals surface area contributed by atoms with Crippen molar-refractivity contribution in [1.29, 1.82) is 5.41 Å². The Morgan fingerprint density at radius 3 is 1.91 bits per heavy atom. The molecular formula is C18H19NO3. The number of phenolic OH excluding ortho intramolecular Hbond substituents is 1. The van der Waals surface area contributed by atoms with Crippen LogP contribution < -0.4 is 0 Å². The van der Waals surface area contributed by atoms with Gasteiger partial charge in [-0.3, -0.25) is 10.2 Å². The molecule has 0 saturated heterocycles. The summed E-state index contributed by atoms with van der Waals surface area (Å²) in [6.07, 6.45) is 0.440. The Balaban J connectivity index is 2.16. The first-order valence-electron chi connectivity index (χ1n) is 7.00. The normalized spacial score (nSPS) is 11.2. The van der Waals surface area contributed by atoms with Crippen LogP contribution in [0.4, 0.5) is 0 Å². The number of phenols is 1. The van der Waals surface area contributed by atoms with Gasteiger partial charge >= 0.3 is 5.97 Å². The van der Waals surface area contributed by atoms with Crippen molar-refractivity contribution in [3.05, 3.63) is 65.2 Å². The van der Waals surface area contributed by atoms with Crippen molar-refractivity contribution >= 4 is 11.7 Å². The molecule has 2 aromatic rings. The van der Waals surface area contributed by atoms with Crippen molar-refractivity contribution in [2.45, 2.75) is 20.3 Å². The molecule has 0 bridgehead atoms. The summed E-state index contributed by atoms with van der Waals surface area (Å²) >= 11 is 0. The van der Waals surface area contributed by atoms with Crippen LogP contribution in [0.3, 0.4) is 0 Å². The van der Waals surface area contributed by atoms with E-state index in [9.17, 15) is 9.90 Å². The molecule has 4 heteroatoms. The molecule has 0 aromatic heterocycles. The third-order valence-electron chi connectivity index (χ3n) is 3.62. The van der Waals surface area contributed by atoms with Crippen LogP contribution in [0.15, 0.2) is 48.5 Å². The minimum atomic E-state index is -0.826. The number of benzene rings is 2. The SMILES string of the molecule is CC(C)(Cc1ccc(C(=N)c2ccc(O)cc2)cc1)C(=O)O. The molecule has 2 aromatic carbocycles. The number of nitrogens with one attached hydrogen (secondary N) is 1. The van der Waals surface area contributed by atoms with Gasteiger partial charge in [0.2, 0.25) is 0 Å². The van der Waals surface area contributed by atoms with Crippen molar-refractivity contribution in [1.82, 2.24) is 0 Å². The van der Waals surface area contributed by atoms with Crippen molar-refractivity contribution in [3.63, 3.8) is 0 Å². The number of carbonyl (C=O) groups is 1. The van der Waals surface area contributed by atoms with Gasteiger partial charge in [-0.1, -0.05) is 24.3 Å². The molecule has 0 aliphatic rings. The molecule has 22 heavy (non-hydrogen) atoms. The van der Waals surface area contributed by atoms with Gasteiger partial charge in [0.25, 0.3) is 0 Å². The van der Waals surface area contributed by atoms with Crippen LogP contribution in [-0.2, 0) is 11.2 Å². The lowest BCUT2D eigenvalue weighted by Crippen LogP contribution is -2.26. The molecule has 0 amide bonds. The fraction of sp³-hybridized carbons (Fsp3) is 0.222. The Labute approximate surface area is 129 Å². The summed E-state index contributed by atoms with van der Waals surface area (Å²) in [6, 6.07) is 13.8. The monoisotopic (exact) mass is 297 g/mol. The first-order chi connectivity index (χ1) is 10.3. The first kappa shape index (κ1) is 15.8. The summed E-state index contributed by atoms with van der Waals surface area (Å²) in [5, 5.41) is 26.6. The zero-order valence-electron chi connectivity index (χ0n) is 12.6. The average molecular weight is 297 g/mol. The van der Waals surface area contributed by atoms with Crippen LogP contribution in [0.1, 0.15) is 30.5 Å². The molecule has 0 saturated carbocycles. The molecule has 4 nitrogen and oxygen atoms in total. The minimum Gasteiger partial charge on any atom is -0.508 e. The molecule has 0 fully saturated rings. The van der Waals surface area contributed by atoms with Crippen LogP contribution >= 0.6 is 0 Å². The van der Waals surface area contributed by atoms with E-state index >= 15 is 0 Å². The van der Waals surface area contributed by atoms with E-state index in [4.69, 9.17) is 10.5 Å². The predicted molar refractivity (Wildman–Crippen MR) is 85.6 cm³/mol. The Morgan fingerprint density at radius 1 is 1.00 bits per heavy atom. The van der Waals surface area contributed by atoms with Gasteiger partial charge in [-0.25, -0.2) is 0 Å². The van der Waals surface area contributed by atoms with Gasteiger partial charge in [-0.15, -0.1) is 0 Å². The maximum absolute atomic E-state index is 11.2. The van der Waals surface area contributed by atoms with E-state index in [2.05, 4.69) is 0 Å². The van der Waals surface area contributed by atoms with Crippen molar-refractivity contribution in [2.24, 2.45) is 5.41 Å². The number of aromatic hydroxyl groups is 1. The standard InChI is InChI=1S/C18H19NO3/c1-18(2,17(21)22)11-12-3-5-13(6-4-12)16(19)14-7-9-15(20)10-8-14/h3-10,19-20H,11H2,1-2H3,(H,21,22). The highest BCUT2D eigenvalue weighted by atomic mass is 16.4. The molecule has 0 unspecified atom stereocenters. The second-order valence-electron chi connectivity index (χ2n) is 5.98. The van der Waals surface area contributed by atoms with E-state index in [1.54, 1.807) is 38.1 Å². The van der Waals surface area contributed by atoms with E-state index in [0.29, 0.717) is 12.1 Å². The van der Waals surface area contributed by atoms with E-state index in [1.807, 2.05) is 24.3 Å². The van der Waals surface area contributed by atoms with E-state index in [0.717, 1.165) is 16.7 Å². The Hall–Kier alpha value is -2.62. The molecule has 0 atom stereocenters. The Bertz CT molecular complexity index is 685. The van der Waals surface area contributed by atoms with Gasteiger partial charge in [0.1, 0.15) is 5.75 Å². The van der Waals surface area contributed by atoms with Crippen molar-refractivity contribution < 1.29 is 15.0 Å². The van der Waals surface area contributed by atoms with Gasteiger partial charge in [0, 0.05) is 11.1 Å². The summed E-state index contributed by atoms with van der Waals surface area (Å²) in [6.45, 7) is 3.39. The maximum atomic E-state index is 11.2. The van der Waals surface area contributed by atoms with Crippen LogP contribution in [-0.4, -0.2) is 21.9 Å². The lowest BCUT2D eigenvalue weighted by Gasteiger charge is -2.19. The number of carboxylic acids is 1. The zero-order chi connectivity index (χ0) is 16.3. The lowest BCUT2D eigenvalue weighted by atomic mass is 9.85. The fourth-order valence-electron chi connectivity index (χ4n) is 2.17. The van der Waals surface area contributed by atoms with Crippen LogP contribution in [0.2, 0.25) is 0 Å². The summed E-state index contributed by atoms with van der Waals surface area (Å²) in [4.78, 5) is 11.2. The second-order valence-corrected chi connectivity index (χ2v) is 5.98. The van der Waals surface area contributed by atoms with E-state index < -0.39 is 11.4 Å². The van der Waals surface area contributed by atoms with Gasteiger partial charge in [-0.05, 0) is 50.1 Å². The Kier molecular flexibility index (Phi) is 4.31. The van der Waals surface area contributed by atoms with Gasteiger partial charge in [0.15, 0.2) is 0 Å². The third kappa shape index (κ3) is 3.52. The molecule has 0 aliphatic carbocycles. The largest absolute Gasteiger partial charge is 0.508 e. The predicted octanol–water partition coefficient (Wildman–Crippen LogP) is 3.46. The first-order valence-corrected chi connectivity index (χ1v) is 7.00. The topological polar surface area (TPSA) is 81.4 Å². The smallest absolute Gasteiger partial charge is 0.309 e. The van der Waals surface area contributed by atoms with Crippen LogP contribution in [0.5, 0.6) is 5.75 Å². The van der Waals surface area contributed by atoms with E-state index in [1.165, 1.54) is 0 Å². The molecule has 0 radical (unpaired) electrons. The quantitative estimate of drug-likeness (QED) is 0.739. The van der Waals surface area contributed by atoms with Gasteiger partial charge in [-0.2, -0.15) is 0 Å². The number of aliphatic carboxylic acids is 1. The summed E-state index contributed by atoms with van der Waals surface area (Å²) < 4.78 is 0. The molecule has 114 valence electrons. The van der Waals surface area contributed by atoms with Gasteiger partial charge < -0.3 is 10.2 Å². The molecule has 0 heterocycles. The van der Waals surface area contributed by atoms with Gasteiger partial charge in [0.05, 0.1) is 11.1 Å². The number of hydrogen-bond donors (Lipinski definition) is 3. The number of carboxylic acid groups (broad SMARTS) is 1. The Morgan fingerprint density at radius 2 is 1.45 bits per heavy atom. The summed E-state index contributed by atoms with van der Waals surface area (Å²) in [5.74, 6) is -0.656.